The molecule has 0 unspecified atom stereocenters. The summed E-state index contributed by atoms with van der Waals surface area (Å²) in [6, 6.07) is 13.0. The molecule has 0 heterocycles. The van der Waals surface area contributed by atoms with Crippen molar-refractivity contribution in [2.75, 3.05) is 5.32 Å². The van der Waals surface area contributed by atoms with Crippen molar-refractivity contribution >= 4 is 44.8 Å². The van der Waals surface area contributed by atoms with E-state index in [2.05, 4.69) is 27.3 Å². The van der Waals surface area contributed by atoms with Crippen LogP contribution in [0, 0.1) is 11.3 Å². The maximum absolute atomic E-state index is 9.05. The average Bonchev–Trinajstić information content (AvgIpc) is 2.38. The third-order valence-corrected chi connectivity index (χ3v) is 3.67. The highest BCUT2D eigenvalue weighted by Crippen LogP contribution is 2.24. The topological polar surface area (TPSA) is 35.8 Å². The summed E-state index contributed by atoms with van der Waals surface area (Å²) in [5.41, 5.74) is 2.28. The molecule has 19 heavy (non-hydrogen) atoms. The molecule has 0 bridgehead atoms. The van der Waals surface area contributed by atoms with Crippen LogP contribution in [0.4, 0.5) is 5.69 Å². The van der Waals surface area contributed by atoms with Gasteiger partial charge in [0.1, 0.15) is 6.07 Å². The summed E-state index contributed by atoms with van der Waals surface area (Å²) in [7, 11) is 0. The van der Waals surface area contributed by atoms with Gasteiger partial charge in [-0.1, -0.05) is 45.2 Å². The molecule has 2 aromatic rings. The van der Waals surface area contributed by atoms with Gasteiger partial charge < -0.3 is 5.32 Å². The summed E-state index contributed by atoms with van der Waals surface area (Å²) in [4.78, 5) is 0. The molecule has 0 aliphatic heterocycles. The van der Waals surface area contributed by atoms with Crippen molar-refractivity contribution in [2.45, 2.75) is 6.54 Å². The molecule has 0 radical (unpaired) electrons. The zero-order valence-electron chi connectivity index (χ0n) is 9.75. The first kappa shape index (κ1) is 14.2. The lowest BCUT2D eigenvalue weighted by Crippen LogP contribution is -2.02. The molecular formula is C14H9BrCl2N2. The molecular weight excluding hydrogens is 347 g/mol. The fourth-order valence-electron chi connectivity index (χ4n) is 1.62. The Morgan fingerprint density at radius 2 is 1.95 bits per heavy atom. The van der Waals surface area contributed by atoms with Gasteiger partial charge >= 0.3 is 0 Å². The van der Waals surface area contributed by atoms with Gasteiger partial charge in [0.15, 0.2) is 0 Å². The maximum atomic E-state index is 9.05. The molecule has 0 amide bonds. The predicted octanol–water partition coefficient (Wildman–Crippen LogP) is 5.24. The monoisotopic (exact) mass is 354 g/mol. The van der Waals surface area contributed by atoms with Crippen LogP contribution in [-0.4, -0.2) is 0 Å². The third kappa shape index (κ3) is 3.63. The van der Waals surface area contributed by atoms with E-state index in [-0.39, 0.29) is 0 Å². The van der Waals surface area contributed by atoms with Crippen LogP contribution in [0.15, 0.2) is 40.9 Å². The van der Waals surface area contributed by atoms with Gasteiger partial charge in [-0.25, -0.2) is 0 Å². The zero-order chi connectivity index (χ0) is 13.8. The number of halogens is 3. The largest absolute Gasteiger partial charge is 0.380 e. The van der Waals surface area contributed by atoms with Crippen molar-refractivity contribution in [1.29, 1.82) is 5.26 Å². The van der Waals surface area contributed by atoms with Gasteiger partial charge in [0.05, 0.1) is 11.3 Å². The summed E-state index contributed by atoms with van der Waals surface area (Å²) >= 11 is 15.3. The number of benzene rings is 2. The fraction of sp³-hybridized carbons (Fsp3) is 0.0714. The molecule has 2 rings (SSSR count). The number of hydrogen-bond donors (Lipinski definition) is 1. The van der Waals surface area contributed by atoms with E-state index in [0.717, 1.165) is 15.7 Å². The molecule has 96 valence electrons. The van der Waals surface area contributed by atoms with Crippen LogP contribution >= 0.6 is 39.1 Å². The van der Waals surface area contributed by atoms with E-state index in [0.29, 0.717) is 22.2 Å². The number of hydrogen-bond acceptors (Lipinski definition) is 2. The molecule has 2 aromatic carbocycles. The minimum absolute atomic E-state index is 0.529. The molecule has 5 heteroatoms. The first-order chi connectivity index (χ1) is 9.10. The van der Waals surface area contributed by atoms with Gasteiger partial charge in [-0.2, -0.15) is 5.26 Å². The van der Waals surface area contributed by atoms with Crippen molar-refractivity contribution in [3.63, 3.8) is 0 Å². The van der Waals surface area contributed by atoms with Crippen LogP contribution < -0.4 is 5.32 Å². The highest BCUT2D eigenvalue weighted by atomic mass is 79.9. The Morgan fingerprint density at radius 1 is 1.16 bits per heavy atom. The SMILES string of the molecule is N#Cc1ccc(Br)cc1NCc1ccc(Cl)cc1Cl. The highest BCUT2D eigenvalue weighted by Gasteiger charge is 2.05. The summed E-state index contributed by atoms with van der Waals surface area (Å²) in [6.07, 6.45) is 0. The normalized spacial score (nSPS) is 10.0. The zero-order valence-corrected chi connectivity index (χ0v) is 12.9. The lowest BCUT2D eigenvalue weighted by Gasteiger charge is -2.10. The Bertz CT molecular complexity index is 650. The number of nitriles is 1. The number of anilines is 1. The lowest BCUT2D eigenvalue weighted by molar-refractivity contribution is 1.14. The van der Waals surface area contributed by atoms with Crippen LogP contribution in [0.5, 0.6) is 0 Å². The quantitative estimate of drug-likeness (QED) is 0.817. The minimum atomic E-state index is 0.529. The van der Waals surface area contributed by atoms with E-state index in [4.69, 9.17) is 28.5 Å². The van der Waals surface area contributed by atoms with E-state index >= 15 is 0 Å². The molecule has 0 atom stereocenters. The maximum Gasteiger partial charge on any atom is 0.101 e. The summed E-state index contributed by atoms with van der Waals surface area (Å²) < 4.78 is 0.913. The second kappa shape index (κ2) is 6.29. The second-order valence-corrected chi connectivity index (χ2v) is 5.65. The first-order valence-electron chi connectivity index (χ1n) is 5.47. The van der Waals surface area contributed by atoms with Gasteiger partial charge in [0, 0.05) is 21.1 Å². The van der Waals surface area contributed by atoms with Gasteiger partial charge in [0.25, 0.3) is 0 Å². The Balaban J connectivity index is 2.19. The Morgan fingerprint density at radius 3 is 2.63 bits per heavy atom. The van der Waals surface area contributed by atoms with Crippen molar-refractivity contribution in [1.82, 2.24) is 0 Å². The molecule has 0 aromatic heterocycles. The van der Waals surface area contributed by atoms with E-state index in [1.165, 1.54) is 0 Å². The van der Waals surface area contributed by atoms with Gasteiger partial charge in [0.2, 0.25) is 0 Å². The number of nitrogens with zero attached hydrogens (tertiary/aromatic N) is 1. The lowest BCUT2D eigenvalue weighted by atomic mass is 10.1. The summed E-state index contributed by atoms with van der Waals surface area (Å²) in [5, 5.41) is 13.5. The molecule has 0 fully saturated rings. The number of nitrogens with one attached hydrogen (secondary N) is 1. The van der Waals surface area contributed by atoms with Crippen LogP contribution in [-0.2, 0) is 6.54 Å². The van der Waals surface area contributed by atoms with Gasteiger partial charge in [-0.3, -0.25) is 0 Å². The van der Waals surface area contributed by atoms with Crippen LogP contribution in [0.3, 0.4) is 0 Å². The smallest absolute Gasteiger partial charge is 0.101 e. The standard InChI is InChI=1S/C14H9BrCl2N2/c15-11-3-1-9(7-18)14(5-11)19-8-10-2-4-12(16)6-13(10)17/h1-6,19H,8H2. The van der Waals surface area contributed by atoms with Crippen LogP contribution in [0.1, 0.15) is 11.1 Å². The summed E-state index contributed by atoms with van der Waals surface area (Å²) in [6.45, 7) is 0.529. The Labute approximate surface area is 130 Å². The first-order valence-corrected chi connectivity index (χ1v) is 7.02. The van der Waals surface area contributed by atoms with Crippen LogP contribution in [0.25, 0.3) is 0 Å². The van der Waals surface area contributed by atoms with E-state index in [1.807, 2.05) is 18.2 Å². The molecule has 1 N–H and O–H groups in total. The second-order valence-electron chi connectivity index (χ2n) is 3.89. The molecule has 0 saturated carbocycles. The van der Waals surface area contributed by atoms with E-state index < -0.39 is 0 Å². The van der Waals surface area contributed by atoms with Crippen molar-refractivity contribution in [2.24, 2.45) is 0 Å². The highest BCUT2D eigenvalue weighted by molar-refractivity contribution is 9.10. The van der Waals surface area contributed by atoms with Crippen molar-refractivity contribution in [3.05, 3.63) is 62.0 Å². The van der Waals surface area contributed by atoms with E-state index in [1.54, 1.807) is 18.2 Å². The number of rotatable bonds is 3. The van der Waals surface area contributed by atoms with Gasteiger partial charge in [-0.15, -0.1) is 0 Å². The molecule has 0 aliphatic carbocycles. The fourth-order valence-corrected chi connectivity index (χ4v) is 2.45. The molecule has 0 aliphatic rings. The summed E-state index contributed by atoms with van der Waals surface area (Å²) in [5.74, 6) is 0. The molecule has 2 nitrogen and oxygen atoms in total. The van der Waals surface area contributed by atoms with Crippen LogP contribution in [0.2, 0.25) is 10.0 Å². The van der Waals surface area contributed by atoms with Crippen molar-refractivity contribution in [3.8, 4) is 6.07 Å². The van der Waals surface area contributed by atoms with E-state index in [9.17, 15) is 0 Å². The Kier molecular flexibility index (Phi) is 4.71. The predicted molar refractivity (Wildman–Crippen MR) is 82.6 cm³/mol. The van der Waals surface area contributed by atoms with Crippen molar-refractivity contribution < 1.29 is 0 Å². The molecule has 0 saturated heterocycles. The molecule has 0 spiro atoms. The Hall–Kier alpha value is -1.21. The third-order valence-electron chi connectivity index (χ3n) is 2.59. The van der Waals surface area contributed by atoms with Gasteiger partial charge in [-0.05, 0) is 35.9 Å². The average molecular weight is 356 g/mol. The minimum Gasteiger partial charge on any atom is -0.380 e.